The fourth-order valence-electron chi connectivity index (χ4n) is 2.84. The van der Waals surface area contributed by atoms with E-state index in [0.29, 0.717) is 5.69 Å². The summed E-state index contributed by atoms with van der Waals surface area (Å²) in [4.78, 5) is 1.20. The SMILES string of the molecule is CCSc1ccccc1NS(=O)(=O)c1ccc2c(c1)CCC(C)(C)O2. The predicted molar refractivity (Wildman–Crippen MR) is 103 cm³/mol. The number of hydrogen-bond donors (Lipinski definition) is 1. The summed E-state index contributed by atoms with van der Waals surface area (Å²) >= 11 is 1.61. The molecule has 3 rings (SSSR count). The minimum absolute atomic E-state index is 0.206. The summed E-state index contributed by atoms with van der Waals surface area (Å²) in [6, 6.07) is 12.6. The lowest BCUT2D eigenvalue weighted by molar-refractivity contribution is 0.0845. The van der Waals surface area contributed by atoms with E-state index in [2.05, 4.69) is 4.72 Å². The second-order valence-corrected chi connectivity index (χ2v) is 9.65. The molecule has 0 fully saturated rings. The first-order valence-electron chi connectivity index (χ1n) is 8.37. The Morgan fingerprint density at radius 3 is 2.72 bits per heavy atom. The topological polar surface area (TPSA) is 55.4 Å². The number of hydrogen-bond acceptors (Lipinski definition) is 4. The molecule has 0 atom stereocenters. The molecule has 25 heavy (non-hydrogen) atoms. The van der Waals surface area contributed by atoms with Crippen molar-refractivity contribution in [2.75, 3.05) is 10.5 Å². The van der Waals surface area contributed by atoms with Crippen LogP contribution in [0.1, 0.15) is 32.8 Å². The van der Waals surface area contributed by atoms with Crippen molar-refractivity contribution in [3.63, 3.8) is 0 Å². The highest BCUT2D eigenvalue weighted by molar-refractivity contribution is 7.99. The van der Waals surface area contributed by atoms with Gasteiger partial charge >= 0.3 is 0 Å². The third-order valence-electron chi connectivity index (χ3n) is 4.16. The number of benzene rings is 2. The molecule has 4 nitrogen and oxygen atoms in total. The molecule has 1 aliphatic heterocycles. The highest BCUT2D eigenvalue weighted by atomic mass is 32.2. The third-order valence-corrected chi connectivity index (χ3v) is 6.47. The average Bonchev–Trinajstić information content (AvgIpc) is 2.55. The Labute approximate surface area is 154 Å². The van der Waals surface area contributed by atoms with E-state index in [1.165, 1.54) is 0 Å². The Morgan fingerprint density at radius 2 is 1.96 bits per heavy atom. The number of rotatable bonds is 5. The number of nitrogens with one attached hydrogen (secondary N) is 1. The van der Waals surface area contributed by atoms with Crippen molar-refractivity contribution in [2.45, 2.75) is 49.0 Å². The first kappa shape index (κ1) is 18.1. The Balaban J connectivity index is 1.89. The average molecular weight is 378 g/mol. The molecule has 2 aromatic carbocycles. The van der Waals surface area contributed by atoms with E-state index in [9.17, 15) is 8.42 Å². The largest absolute Gasteiger partial charge is 0.488 e. The summed E-state index contributed by atoms with van der Waals surface area (Å²) in [5.41, 5.74) is 1.35. The molecule has 1 aliphatic rings. The van der Waals surface area contributed by atoms with Crippen LogP contribution in [0.3, 0.4) is 0 Å². The molecule has 0 bridgehead atoms. The molecule has 1 heterocycles. The van der Waals surface area contributed by atoms with E-state index in [0.717, 1.165) is 34.8 Å². The summed E-state index contributed by atoms with van der Waals surface area (Å²) < 4.78 is 34.3. The zero-order valence-corrected chi connectivity index (χ0v) is 16.3. The number of para-hydroxylation sites is 1. The summed E-state index contributed by atoms with van der Waals surface area (Å²) in [5.74, 6) is 1.65. The molecule has 134 valence electrons. The zero-order valence-electron chi connectivity index (χ0n) is 14.7. The van der Waals surface area contributed by atoms with Crippen LogP contribution in [0, 0.1) is 0 Å². The van der Waals surface area contributed by atoms with Crippen LogP contribution in [0.25, 0.3) is 0 Å². The van der Waals surface area contributed by atoms with Gasteiger partial charge in [0.15, 0.2) is 0 Å². The van der Waals surface area contributed by atoms with Gasteiger partial charge in [-0.2, -0.15) is 0 Å². The third kappa shape index (κ3) is 4.12. The first-order chi connectivity index (χ1) is 11.8. The van der Waals surface area contributed by atoms with Gasteiger partial charge in [-0.3, -0.25) is 4.72 Å². The predicted octanol–water partition coefficient (Wildman–Crippen LogP) is 4.70. The standard InChI is InChI=1S/C19H23NO3S2/c1-4-24-18-8-6-5-7-16(18)20-25(21,22)15-9-10-17-14(13-15)11-12-19(2,3)23-17/h5-10,13,20H,4,11-12H2,1-3H3. The molecule has 0 aliphatic carbocycles. The molecular formula is C19H23NO3S2. The van der Waals surface area contributed by atoms with Crippen LogP contribution in [0.2, 0.25) is 0 Å². The van der Waals surface area contributed by atoms with E-state index >= 15 is 0 Å². The van der Waals surface area contributed by atoms with Crippen molar-refractivity contribution in [2.24, 2.45) is 0 Å². The van der Waals surface area contributed by atoms with E-state index in [-0.39, 0.29) is 10.5 Å². The second kappa shape index (κ2) is 6.92. The Kier molecular flexibility index (Phi) is 5.02. The number of fused-ring (bicyclic) bond motifs is 1. The maximum Gasteiger partial charge on any atom is 0.261 e. The molecule has 1 N–H and O–H groups in total. The summed E-state index contributed by atoms with van der Waals surface area (Å²) in [6.07, 6.45) is 1.68. The lowest BCUT2D eigenvalue weighted by Crippen LogP contribution is -2.32. The van der Waals surface area contributed by atoms with Crippen LogP contribution in [-0.4, -0.2) is 19.8 Å². The highest BCUT2D eigenvalue weighted by Gasteiger charge is 2.28. The lowest BCUT2D eigenvalue weighted by Gasteiger charge is -2.32. The van der Waals surface area contributed by atoms with E-state index in [4.69, 9.17) is 4.74 Å². The molecule has 0 aromatic heterocycles. The minimum Gasteiger partial charge on any atom is -0.488 e. The summed E-state index contributed by atoms with van der Waals surface area (Å²) in [6.45, 7) is 6.13. The normalized spacial score (nSPS) is 16.0. The number of anilines is 1. The van der Waals surface area contributed by atoms with E-state index in [1.807, 2.05) is 39.0 Å². The van der Waals surface area contributed by atoms with Crippen LogP contribution in [0.15, 0.2) is 52.3 Å². The first-order valence-corrected chi connectivity index (χ1v) is 10.8. The van der Waals surface area contributed by atoms with Crippen molar-refractivity contribution in [1.29, 1.82) is 0 Å². The fraction of sp³-hybridized carbons (Fsp3) is 0.368. The number of sulfonamides is 1. The van der Waals surface area contributed by atoms with Crippen molar-refractivity contribution in [1.82, 2.24) is 0 Å². The monoisotopic (exact) mass is 377 g/mol. The quantitative estimate of drug-likeness (QED) is 0.767. The van der Waals surface area contributed by atoms with Crippen LogP contribution < -0.4 is 9.46 Å². The van der Waals surface area contributed by atoms with Crippen molar-refractivity contribution < 1.29 is 13.2 Å². The Hall–Kier alpha value is -1.66. The molecule has 0 spiro atoms. The Morgan fingerprint density at radius 1 is 1.20 bits per heavy atom. The van der Waals surface area contributed by atoms with Gasteiger partial charge in [0.2, 0.25) is 0 Å². The number of ether oxygens (including phenoxy) is 1. The van der Waals surface area contributed by atoms with Crippen molar-refractivity contribution in [3.05, 3.63) is 48.0 Å². The lowest BCUT2D eigenvalue weighted by atomic mass is 9.94. The number of aryl methyl sites for hydroxylation is 1. The molecule has 0 unspecified atom stereocenters. The van der Waals surface area contributed by atoms with Gasteiger partial charge in [-0.15, -0.1) is 11.8 Å². The molecular weight excluding hydrogens is 354 g/mol. The van der Waals surface area contributed by atoms with Gasteiger partial charge in [0.1, 0.15) is 11.4 Å². The van der Waals surface area contributed by atoms with Gasteiger partial charge in [-0.05, 0) is 68.3 Å². The van der Waals surface area contributed by atoms with Crippen LogP contribution >= 0.6 is 11.8 Å². The zero-order chi connectivity index (χ0) is 18.1. The maximum atomic E-state index is 12.8. The van der Waals surface area contributed by atoms with Gasteiger partial charge < -0.3 is 4.74 Å². The summed E-state index contributed by atoms with van der Waals surface area (Å²) in [5, 5.41) is 0. The van der Waals surface area contributed by atoms with Gasteiger partial charge in [0.05, 0.1) is 10.6 Å². The highest BCUT2D eigenvalue weighted by Crippen LogP contribution is 2.35. The van der Waals surface area contributed by atoms with E-state index in [1.54, 1.807) is 36.0 Å². The fourth-order valence-corrected chi connectivity index (χ4v) is 4.79. The smallest absolute Gasteiger partial charge is 0.261 e. The molecule has 0 radical (unpaired) electrons. The van der Waals surface area contributed by atoms with Crippen LogP contribution in [-0.2, 0) is 16.4 Å². The van der Waals surface area contributed by atoms with E-state index < -0.39 is 10.0 Å². The Bertz CT molecular complexity index is 876. The van der Waals surface area contributed by atoms with Crippen molar-refractivity contribution >= 4 is 27.5 Å². The van der Waals surface area contributed by atoms with Gasteiger partial charge in [-0.1, -0.05) is 19.1 Å². The van der Waals surface area contributed by atoms with Crippen LogP contribution in [0.4, 0.5) is 5.69 Å². The summed E-state index contributed by atoms with van der Waals surface area (Å²) in [7, 11) is -3.64. The van der Waals surface area contributed by atoms with Gasteiger partial charge in [0, 0.05) is 4.90 Å². The number of thioether (sulfide) groups is 1. The molecule has 0 saturated carbocycles. The maximum absolute atomic E-state index is 12.8. The molecule has 0 saturated heterocycles. The van der Waals surface area contributed by atoms with Crippen molar-refractivity contribution in [3.8, 4) is 5.75 Å². The molecule has 0 amide bonds. The molecule has 6 heteroatoms. The van der Waals surface area contributed by atoms with Gasteiger partial charge in [0.25, 0.3) is 10.0 Å². The van der Waals surface area contributed by atoms with Crippen LogP contribution in [0.5, 0.6) is 5.75 Å². The van der Waals surface area contributed by atoms with Gasteiger partial charge in [-0.25, -0.2) is 8.42 Å². The molecule has 2 aromatic rings. The second-order valence-electron chi connectivity index (χ2n) is 6.67. The minimum atomic E-state index is -3.64.